The first kappa shape index (κ1) is 22.1. The average Bonchev–Trinajstić information content (AvgIpc) is 2.51. The predicted molar refractivity (Wildman–Crippen MR) is 121 cm³/mol. The summed E-state index contributed by atoms with van der Waals surface area (Å²) in [6, 6.07) is 10.4. The smallest absolute Gasteiger partial charge is 0.112 e. The molecule has 0 radical (unpaired) electrons. The van der Waals surface area contributed by atoms with Crippen LogP contribution in [0.25, 0.3) is 6.08 Å². The van der Waals surface area contributed by atoms with Gasteiger partial charge < -0.3 is 4.23 Å². The lowest BCUT2D eigenvalue weighted by Crippen LogP contribution is -2.59. The lowest BCUT2D eigenvalue weighted by molar-refractivity contribution is 0.542. The van der Waals surface area contributed by atoms with E-state index in [1.54, 1.807) is 0 Å². The first-order valence-electron chi connectivity index (χ1n) is 9.70. The van der Waals surface area contributed by atoms with E-state index in [-0.39, 0.29) is 0 Å². The van der Waals surface area contributed by atoms with Crippen molar-refractivity contribution in [2.24, 2.45) is 4.99 Å². The van der Waals surface area contributed by atoms with Gasteiger partial charge in [-0.25, -0.2) is 0 Å². The zero-order valence-electron chi connectivity index (χ0n) is 17.3. The molecule has 0 saturated carbocycles. The molecule has 0 N–H and O–H groups in total. The van der Waals surface area contributed by atoms with E-state index >= 15 is 0 Å². The van der Waals surface area contributed by atoms with E-state index in [0.29, 0.717) is 0 Å². The van der Waals surface area contributed by atoms with Gasteiger partial charge in [0.2, 0.25) is 0 Å². The molecule has 0 aliphatic heterocycles. The Morgan fingerprint density at radius 3 is 2.04 bits per heavy atom. The van der Waals surface area contributed by atoms with Crippen molar-refractivity contribution in [2.45, 2.75) is 65.0 Å². The molecule has 0 atom stereocenters. The molecule has 0 spiro atoms. The zero-order valence-corrected chi connectivity index (χ0v) is 19.3. The normalized spacial score (nSPS) is 13.4. The third-order valence-electron chi connectivity index (χ3n) is 4.32. The number of aliphatic imine (C=N–C) groups is 1. The van der Waals surface area contributed by atoms with E-state index in [9.17, 15) is 0 Å². The quantitative estimate of drug-likeness (QED) is 0.252. The van der Waals surface area contributed by atoms with Crippen molar-refractivity contribution in [3.63, 3.8) is 0 Å². The van der Waals surface area contributed by atoms with Gasteiger partial charge in [0, 0.05) is 12.8 Å². The molecule has 4 heteroatoms. The van der Waals surface area contributed by atoms with E-state index in [2.05, 4.69) is 78.8 Å². The molecule has 1 aromatic carbocycles. The number of benzene rings is 1. The monoisotopic (exact) mass is 374 g/mol. The number of nitrogens with zero attached hydrogens (tertiary/aromatic N) is 2. The molecule has 1 rings (SSSR count). The minimum absolute atomic E-state index is 0.949. The molecule has 0 aliphatic carbocycles. The van der Waals surface area contributed by atoms with Crippen molar-refractivity contribution in [1.29, 1.82) is 0 Å². The molecule has 2 nitrogen and oxygen atoms in total. The van der Waals surface area contributed by atoms with Gasteiger partial charge in [-0.05, 0) is 31.0 Å². The highest BCUT2D eigenvalue weighted by Crippen LogP contribution is 2.20. The Morgan fingerprint density at radius 2 is 1.44 bits per heavy atom. The highest BCUT2D eigenvalue weighted by Gasteiger charge is 2.33. The highest BCUT2D eigenvalue weighted by atomic mass is 28.4. The van der Waals surface area contributed by atoms with Crippen molar-refractivity contribution in [2.75, 3.05) is 13.1 Å². The van der Waals surface area contributed by atoms with Crippen LogP contribution in [0.3, 0.4) is 0 Å². The fraction of sp³-hybridized carbons (Fsp3) is 0.571. The van der Waals surface area contributed by atoms with E-state index in [4.69, 9.17) is 0 Å². The Kier molecular flexibility index (Phi) is 9.61. The van der Waals surface area contributed by atoms with Crippen LogP contribution in [0.2, 0.25) is 39.3 Å². The van der Waals surface area contributed by atoms with E-state index < -0.39 is 16.5 Å². The second kappa shape index (κ2) is 10.9. The summed E-state index contributed by atoms with van der Waals surface area (Å²) in [6.07, 6.45) is 11.2. The van der Waals surface area contributed by atoms with Crippen LogP contribution in [0.5, 0.6) is 0 Å². The van der Waals surface area contributed by atoms with Gasteiger partial charge in [0.15, 0.2) is 0 Å². The SMILES string of the molecule is C[Si](C)(C)N(CCCCCCN=CC=Cc1ccccc1)[Si](C)(C)C. The number of rotatable bonds is 11. The van der Waals surface area contributed by atoms with Crippen molar-refractivity contribution < 1.29 is 0 Å². The van der Waals surface area contributed by atoms with Gasteiger partial charge in [-0.1, -0.05) is 88.5 Å². The molecule has 0 heterocycles. The standard InChI is InChI=1S/C21H38N2Si2/c1-24(2,3)23(25(4,5)6)20-13-8-7-12-18-22-19-14-17-21-15-10-9-11-16-21/h9-11,14-17,19H,7-8,12-13,18,20H2,1-6H3. The largest absolute Gasteiger partial charge is 0.346 e. The fourth-order valence-corrected chi connectivity index (χ4v) is 13.1. The lowest BCUT2D eigenvalue weighted by Gasteiger charge is -2.43. The van der Waals surface area contributed by atoms with E-state index in [0.717, 1.165) is 6.54 Å². The summed E-state index contributed by atoms with van der Waals surface area (Å²) in [4.78, 5) is 4.49. The molecule has 0 aromatic heterocycles. The van der Waals surface area contributed by atoms with Gasteiger partial charge in [-0.2, -0.15) is 0 Å². The van der Waals surface area contributed by atoms with Crippen LogP contribution < -0.4 is 0 Å². The summed E-state index contributed by atoms with van der Waals surface area (Å²) in [5.41, 5.74) is 1.23. The van der Waals surface area contributed by atoms with Crippen LogP contribution in [0.4, 0.5) is 0 Å². The summed E-state index contributed by atoms with van der Waals surface area (Å²) in [7, 11) is -2.35. The summed E-state index contributed by atoms with van der Waals surface area (Å²) < 4.78 is 2.90. The third-order valence-corrected chi connectivity index (χ3v) is 12.0. The predicted octanol–water partition coefficient (Wildman–Crippen LogP) is 6.30. The van der Waals surface area contributed by atoms with Crippen LogP contribution >= 0.6 is 0 Å². The molecule has 1 aromatic rings. The van der Waals surface area contributed by atoms with Crippen molar-refractivity contribution in [3.8, 4) is 0 Å². The summed E-state index contributed by atoms with van der Waals surface area (Å²) in [5, 5.41) is 0. The molecule has 0 aliphatic rings. The minimum atomic E-state index is -1.18. The number of allylic oxidation sites excluding steroid dienone is 1. The average molecular weight is 375 g/mol. The van der Waals surface area contributed by atoms with Crippen LogP contribution in [0, 0.1) is 0 Å². The van der Waals surface area contributed by atoms with Crippen LogP contribution in [-0.4, -0.2) is 40.0 Å². The van der Waals surface area contributed by atoms with Crippen LogP contribution in [-0.2, 0) is 0 Å². The van der Waals surface area contributed by atoms with Crippen LogP contribution in [0.15, 0.2) is 41.4 Å². The molecule has 25 heavy (non-hydrogen) atoms. The maximum atomic E-state index is 4.49. The van der Waals surface area contributed by atoms with Crippen molar-refractivity contribution >= 4 is 28.8 Å². The molecule has 0 bridgehead atoms. The maximum absolute atomic E-state index is 4.49. The Bertz CT molecular complexity index is 511. The second-order valence-electron chi connectivity index (χ2n) is 8.73. The Balaban J connectivity index is 2.15. The van der Waals surface area contributed by atoms with E-state index in [1.807, 2.05) is 18.4 Å². The summed E-state index contributed by atoms with van der Waals surface area (Å²) in [5.74, 6) is 0. The van der Waals surface area contributed by atoms with Gasteiger partial charge in [-0.3, -0.25) is 4.99 Å². The zero-order chi connectivity index (χ0) is 18.8. The van der Waals surface area contributed by atoms with Gasteiger partial charge in [0.1, 0.15) is 16.5 Å². The number of unbranched alkanes of at least 4 members (excludes halogenated alkanes) is 3. The molecule has 140 valence electrons. The molecule has 0 amide bonds. The topological polar surface area (TPSA) is 15.6 Å². The molecule has 0 unspecified atom stereocenters. The summed E-state index contributed by atoms with van der Waals surface area (Å²) >= 11 is 0. The molecular formula is C21H38N2Si2. The Labute approximate surface area is 158 Å². The van der Waals surface area contributed by atoms with Gasteiger partial charge in [0.05, 0.1) is 0 Å². The third kappa shape index (κ3) is 9.92. The number of hydrogen-bond acceptors (Lipinski definition) is 2. The van der Waals surface area contributed by atoms with Gasteiger partial charge >= 0.3 is 0 Å². The van der Waals surface area contributed by atoms with Crippen molar-refractivity contribution in [1.82, 2.24) is 4.23 Å². The second-order valence-corrected chi connectivity index (χ2v) is 18.9. The highest BCUT2D eigenvalue weighted by molar-refractivity contribution is 6.89. The van der Waals surface area contributed by atoms with Gasteiger partial charge in [0.25, 0.3) is 0 Å². The maximum Gasteiger partial charge on any atom is 0.112 e. The fourth-order valence-electron chi connectivity index (χ4n) is 3.36. The lowest BCUT2D eigenvalue weighted by atomic mass is 10.2. The van der Waals surface area contributed by atoms with Crippen LogP contribution in [0.1, 0.15) is 31.2 Å². The molecule has 0 saturated heterocycles. The molecule has 0 fully saturated rings. The Hall–Kier alpha value is -0.976. The minimum Gasteiger partial charge on any atom is -0.346 e. The van der Waals surface area contributed by atoms with Gasteiger partial charge in [-0.15, -0.1) is 0 Å². The number of hydrogen-bond donors (Lipinski definition) is 0. The Morgan fingerprint density at radius 1 is 0.840 bits per heavy atom. The van der Waals surface area contributed by atoms with Crippen molar-refractivity contribution in [3.05, 3.63) is 42.0 Å². The first-order chi connectivity index (χ1) is 11.7. The molecular weight excluding hydrogens is 336 g/mol. The first-order valence-corrected chi connectivity index (χ1v) is 16.6. The van der Waals surface area contributed by atoms with E-state index in [1.165, 1.54) is 37.8 Å². The summed E-state index contributed by atoms with van der Waals surface area (Å²) in [6.45, 7) is 17.2.